The van der Waals surface area contributed by atoms with Gasteiger partial charge in [0.05, 0.1) is 5.69 Å². The van der Waals surface area contributed by atoms with Crippen molar-refractivity contribution in [3.63, 3.8) is 0 Å². The van der Waals surface area contributed by atoms with Gasteiger partial charge in [0.25, 0.3) is 0 Å². The Morgan fingerprint density at radius 3 is 2.47 bits per heavy atom. The van der Waals surface area contributed by atoms with Crippen molar-refractivity contribution in [2.24, 2.45) is 5.92 Å². The van der Waals surface area contributed by atoms with E-state index in [9.17, 15) is 4.79 Å². The number of oxazole rings is 1. The average molecular weight is 239 g/mol. The lowest BCUT2D eigenvalue weighted by Gasteiger charge is -2.17. The zero-order valence-corrected chi connectivity index (χ0v) is 11.2. The van der Waals surface area contributed by atoms with Crippen molar-refractivity contribution in [1.82, 2.24) is 4.98 Å². The number of carboxylic acids is 1. The maximum absolute atomic E-state index is 11.1. The molecule has 0 atom stereocenters. The normalized spacial score (nSPS) is 12.1. The topological polar surface area (TPSA) is 63.3 Å². The van der Waals surface area contributed by atoms with Crippen LogP contribution >= 0.6 is 0 Å². The second-order valence-corrected chi connectivity index (χ2v) is 5.44. The van der Waals surface area contributed by atoms with Crippen LogP contribution in [0.5, 0.6) is 0 Å². The van der Waals surface area contributed by atoms with E-state index in [4.69, 9.17) is 9.52 Å². The van der Waals surface area contributed by atoms with Gasteiger partial charge in [-0.05, 0) is 18.8 Å². The van der Waals surface area contributed by atoms with Crippen LogP contribution in [-0.4, -0.2) is 16.1 Å². The van der Waals surface area contributed by atoms with E-state index < -0.39 is 5.97 Å². The molecule has 1 aromatic rings. The van der Waals surface area contributed by atoms with Crippen LogP contribution in [0.1, 0.15) is 63.2 Å². The van der Waals surface area contributed by atoms with Crippen molar-refractivity contribution in [1.29, 1.82) is 0 Å². The Kier molecular flexibility index (Phi) is 3.96. The molecule has 0 unspecified atom stereocenters. The van der Waals surface area contributed by atoms with Crippen LogP contribution in [0.3, 0.4) is 0 Å². The zero-order valence-electron chi connectivity index (χ0n) is 11.2. The second kappa shape index (κ2) is 4.90. The van der Waals surface area contributed by atoms with Crippen LogP contribution in [0.4, 0.5) is 0 Å². The summed E-state index contributed by atoms with van der Waals surface area (Å²) in [5.74, 6) is -0.162. The summed E-state index contributed by atoms with van der Waals surface area (Å²) in [5, 5.41) is 9.10. The van der Waals surface area contributed by atoms with Gasteiger partial charge in [0.2, 0.25) is 11.7 Å². The first-order chi connectivity index (χ1) is 7.77. The predicted molar refractivity (Wildman–Crippen MR) is 65.3 cm³/mol. The molecule has 4 heteroatoms. The van der Waals surface area contributed by atoms with Crippen LogP contribution in [0, 0.1) is 5.92 Å². The Morgan fingerprint density at radius 1 is 1.47 bits per heavy atom. The average Bonchev–Trinajstić information content (AvgIpc) is 2.61. The van der Waals surface area contributed by atoms with Gasteiger partial charge in [-0.15, -0.1) is 0 Å². The van der Waals surface area contributed by atoms with Gasteiger partial charge in [-0.25, -0.2) is 9.78 Å². The van der Waals surface area contributed by atoms with Crippen molar-refractivity contribution in [3.05, 3.63) is 17.3 Å². The number of carboxylic acid groups (broad SMARTS) is 1. The van der Waals surface area contributed by atoms with Crippen LogP contribution in [0.15, 0.2) is 4.42 Å². The lowest BCUT2D eigenvalue weighted by molar-refractivity contribution is 0.0656. The largest absolute Gasteiger partial charge is 0.475 e. The van der Waals surface area contributed by atoms with E-state index in [1.54, 1.807) is 0 Å². The summed E-state index contributed by atoms with van der Waals surface area (Å²) in [6.07, 6.45) is 1.48. The summed E-state index contributed by atoms with van der Waals surface area (Å²) < 4.78 is 5.42. The molecule has 0 aromatic carbocycles. The molecule has 4 nitrogen and oxygen atoms in total. The number of aromatic nitrogens is 1. The SMILES string of the molecule is CCC(C)(C)c1nc(CC(C)C)c(C(=O)O)o1. The summed E-state index contributed by atoms with van der Waals surface area (Å²) in [7, 11) is 0. The maximum atomic E-state index is 11.1. The molecule has 0 spiro atoms. The molecule has 1 heterocycles. The number of rotatable bonds is 5. The first-order valence-electron chi connectivity index (χ1n) is 6.01. The monoisotopic (exact) mass is 239 g/mol. The molecular weight excluding hydrogens is 218 g/mol. The van der Waals surface area contributed by atoms with E-state index >= 15 is 0 Å². The van der Waals surface area contributed by atoms with Gasteiger partial charge in [0.15, 0.2) is 0 Å². The Hall–Kier alpha value is -1.32. The fraction of sp³-hybridized carbons (Fsp3) is 0.692. The molecule has 0 saturated heterocycles. The van der Waals surface area contributed by atoms with E-state index in [1.807, 2.05) is 34.6 Å². The highest BCUT2D eigenvalue weighted by Gasteiger charge is 2.29. The second-order valence-electron chi connectivity index (χ2n) is 5.44. The van der Waals surface area contributed by atoms with Crippen molar-refractivity contribution in [3.8, 4) is 0 Å². The summed E-state index contributed by atoms with van der Waals surface area (Å²) in [4.78, 5) is 15.5. The lowest BCUT2D eigenvalue weighted by Crippen LogP contribution is -2.16. The summed E-state index contributed by atoms with van der Waals surface area (Å²) >= 11 is 0. The van der Waals surface area contributed by atoms with Crippen LogP contribution < -0.4 is 0 Å². The lowest BCUT2D eigenvalue weighted by atomic mass is 9.90. The molecule has 0 fully saturated rings. The van der Waals surface area contributed by atoms with Gasteiger partial charge in [0, 0.05) is 5.41 Å². The predicted octanol–water partition coefficient (Wildman–Crippen LogP) is 3.26. The summed E-state index contributed by atoms with van der Waals surface area (Å²) in [6, 6.07) is 0. The molecule has 0 aliphatic heterocycles. The standard InChI is InChI=1S/C13H21NO3/c1-6-13(4,5)12-14-9(7-8(2)3)10(17-12)11(15)16/h8H,6-7H2,1-5H3,(H,15,16). The number of aromatic carboxylic acids is 1. The van der Waals surface area contributed by atoms with Crippen molar-refractivity contribution < 1.29 is 14.3 Å². The maximum Gasteiger partial charge on any atom is 0.373 e. The highest BCUT2D eigenvalue weighted by atomic mass is 16.4. The van der Waals surface area contributed by atoms with Crippen LogP contribution in [0.25, 0.3) is 0 Å². The van der Waals surface area contributed by atoms with E-state index in [0.29, 0.717) is 23.9 Å². The number of nitrogens with zero attached hydrogens (tertiary/aromatic N) is 1. The van der Waals surface area contributed by atoms with E-state index in [2.05, 4.69) is 4.98 Å². The Bertz CT molecular complexity index is 405. The zero-order chi connectivity index (χ0) is 13.2. The Labute approximate surface area is 102 Å². The van der Waals surface area contributed by atoms with Gasteiger partial charge in [0.1, 0.15) is 0 Å². The number of hydrogen-bond donors (Lipinski definition) is 1. The molecule has 17 heavy (non-hydrogen) atoms. The number of carbonyl (C=O) groups is 1. The van der Waals surface area contributed by atoms with E-state index in [-0.39, 0.29) is 11.2 Å². The molecule has 1 rings (SSSR count). The molecule has 0 radical (unpaired) electrons. The minimum atomic E-state index is -1.04. The quantitative estimate of drug-likeness (QED) is 0.856. The fourth-order valence-corrected chi connectivity index (χ4v) is 1.48. The molecule has 1 N–H and O–H groups in total. The molecule has 0 bridgehead atoms. The van der Waals surface area contributed by atoms with E-state index in [0.717, 1.165) is 6.42 Å². The minimum absolute atomic E-state index is 0.00442. The third kappa shape index (κ3) is 3.08. The van der Waals surface area contributed by atoms with Crippen molar-refractivity contribution in [2.75, 3.05) is 0 Å². The molecule has 0 aliphatic rings. The van der Waals surface area contributed by atoms with Gasteiger partial charge in [-0.2, -0.15) is 0 Å². The Morgan fingerprint density at radius 2 is 2.06 bits per heavy atom. The van der Waals surface area contributed by atoms with Crippen molar-refractivity contribution >= 4 is 5.97 Å². The smallest absolute Gasteiger partial charge is 0.373 e. The van der Waals surface area contributed by atoms with Gasteiger partial charge in [-0.1, -0.05) is 34.6 Å². The third-order valence-corrected chi connectivity index (χ3v) is 2.96. The molecule has 1 aromatic heterocycles. The molecule has 0 saturated carbocycles. The third-order valence-electron chi connectivity index (χ3n) is 2.96. The summed E-state index contributed by atoms with van der Waals surface area (Å²) in [6.45, 7) is 10.1. The fourth-order valence-electron chi connectivity index (χ4n) is 1.48. The van der Waals surface area contributed by atoms with Gasteiger partial charge >= 0.3 is 5.97 Å². The van der Waals surface area contributed by atoms with E-state index in [1.165, 1.54) is 0 Å². The van der Waals surface area contributed by atoms with Gasteiger partial charge < -0.3 is 9.52 Å². The molecule has 0 aliphatic carbocycles. The highest BCUT2D eigenvalue weighted by Crippen LogP contribution is 2.28. The first kappa shape index (κ1) is 13.7. The molecular formula is C13H21NO3. The molecule has 0 amide bonds. The molecule has 96 valence electrons. The number of hydrogen-bond acceptors (Lipinski definition) is 3. The first-order valence-corrected chi connectivity index (χ1v) is 6.01. The Balaban J connectivity index is 3.17. The minimum Gasteiger partial charge on any atom is -0.475 e. The highest BCUT2D eigenvalue weighted by molar-refractivity contribution is 5.85. The summed E-state index contributed by atoms with van der Waals surface area (Å²) in [5.41, 5.74) is 0.336. The van der Waals surface area contributed by atoms with Crippen molar-refractivity contribution in [2.45, 2.75) is 52.9 Å². The van der Waals surface area contributed by atoms with Crippen LogP contribution in [-0.2, 0) is 11.8 Å². The van der Waals surface area contributed by atoms with Gasteiger partial charge in [-0.3, -0.25) is 0 Å². The van der Waals surface area contributed by atoms with Crippen LogP contribution in [0.2, 0.25) is 0 Å².